The quantitative estimate of drug-likeness (QED) is 0.286. The highest BCUT2D eigenvalue weighted by Gasteiger charge is 2.75. The smallest absolute Gasteiger partial charge is 0.335 e. The van der Waals surface area contributed by atoms with Crippen LogP contribution in [-0.2, 0) is 33.4 Å². The third kappa shape index (κ3) is 4.04. The number of Topliss-reactive ketones (excluding diaryl/α,β-unsaturated/α-hetero) is 1. The number of esters is 3. The summed E-state index contributed by atoms with van der Waals surface area (Å²) in [6.45, 7) is 10.7. The number of ketones is 1. The minimum Gasteiger partial charge on any atom is -0.472 e. The fourth-order valence-corrected chi connectivity index (χ4v) is 8.91. The number of furan rings is 1. The van der Waals surface area contributed by atoms with E-state index in [1.165, 1.54) is 6.26 Å². The summed E-state index contributed by atoms with van der Waals surface area (Å²) in [7, 11) is 1.16. The molecule has 4 aliphatic rings. The number of carbonyl (C=O) groups excluding carboxylic acids is 4. The van der Waals surface area contributed by atoms with Gasteiger partial charge < -0.3 is 28.8 Å². The lowest BCUT2D eigenvalue weighted by Gasteiger charge is -2.66. The van der Waals surface area contributed by atoms with Gasteiger partial charge in [0.15, 0.2) is 17.5 Å². The van der Waals surface area contributed by atoms with Crippen molar-refractivity contribution in [3.8, 4) is 0 Å². The van der Waals surface area contributed by atoms with Crippen molar-refractivity contribution in [3.05, 3.63) is 35.3 Å². The van der Waals surface area contributed by atoms with Crippen molar-refractivity contribution in [2.24, 2.45) is 34.0 Å². The molecule has 1 aromatic heterocycles. The van der Waals surface area contributed by atoms with Gasteiger partial charge in [-0.3, -0.25) is 14.4 Å². The van der Waals surface area contributed by atoms with Gasteiger partial charge in [-0.25, -0.2) is 4.79 Å². The number of aliphatic hydroxyl groups excluding tert-OH is 1. The molecule has 2 saturated carbocycles. The van der Waals surface area contributed by atoms with Crippen LogP contribution in [0.2, 0.25) is 0 Å². The molecule has 9 atom stereocenters. The van der Waals surface area contributed by atoms with Gasteiger partial charge >= 0.3 is 17.9 Å². The zero-order chi connectivity index (χ0) is 31.0. The summed E-state index contributed by atoms with van der Waals surface area (Å²) in [5.41, 5.74) is -3.27. The van der Waals surface area contributed by atoms with E-state index >= 15 is 0 Å². The lowest BCUT2D eigenvalue weighted by molar-refractivity contribution is -0.247. The van der Waals surface area contributed by atoms with Crippen LogP contribution >= 0.6 is 0 Å². The van der Waals surface area contributed by atoms with Crippen molar-refractivity contribution in [1.82, 2.24) is 0 Å². The molecule has 1 aromatic rings. The molecule has 42 heavy (non-hydrogen) atoms. The minimum atomic E-state index is -2.16. The van der Waals surface area contributed by atoms with Gasteiger partial charge in [0.05, 0.1) is 32.0 Å². The average molecular weight is 587 g/mol. The first-order valence-corrected chi connectivity index (χ1v) is 14.8. The van der Waals surface area contributed by atoms with E-state index in [0.29, 0.717) is 24.8 Å². The van der Waals surface area contributed by atoms with Gasteiger partial charge in [0.1, 0.15) is 12.2 Å². The molecule has 3 aliphatic carbocycles. The number of hydrogen-bond acceptors (Lipinski definition) is 10. The molecule has 0 radical (unpaired) electrons. The molecule has 1 unspecified atom stereocenters. The summed E-state index contributed by atoms with van der Waals surface area (Å²) in [4.78, 5) is 53.7. The predicted molar refractivity (Wildman–Crippen MR) is 147 cm³/mol. The lowest BCUT2D eigenvalue weighted by atomic mass is 9.39. The van der Waals surface area contributed by atoms with E-state index in [9.17, 15) is 29.4 Å². The number of ether oxygens (including phenoxy) is 3. The maximum absolute atomic E-state index is 14.6. The van der Waals surface area contributed by atoms with Gasteiger partial charge in [-0.15, -0.1) is 0 Å². The molecule has 230 valence electrons. The van der Waals surface area contributed by atoms with Gasteiger partial charge in [0, 0.05) is 34.1 Å². The molecule has 3 fully saturated rings. The summed E-state index contributed by atoms with van der Waals surface area (Å²) >= 11 is 0. The Morgan fingerprint density at radius 2 is 1.86 bits per heavy atom. The zero-order valence-electron chi connectivity index (χ0n) is 25.4. The standard InChI is InChI=1S/C32H42O10/c1-8-16(2)25(35)42-28-29(3,4)23(22(34)26(36)39-7)31(6)19-9-11-30(5)20(18(19)14-32(28,38)27(31)37)13-21(33)41-24(30)17-10-12-40-15-17/h10,12,15-16,19,22-24,28,34,38H,8-9,11,13-14H2,1-7H3/t16?,19-,22+,23-,24-,28-,30+,31+,32-/m0/s1. The fraction of sp³-hybridized carbons (Fsp3) is 0.688. The second kappa shape index (κ2) is 10.0. The largest absolute Gasteiger partial charge is 0.472 e. The number of rotatable bonds is 6. The van der Waals surface area contributed by atoms with Crippen molar-refractivity contribution < 1.29 is 48.0 Å². The molecule has 2 heterocycles. The summed E-state index contributed by atoms with van der Waals surface area (Å²) in [5.74, 6) is -4.58. The molecule has 1 saturated heterocycles. The van der Waals surface area contributed by atoms with Crippen LogP contribution in [0.5, 0.6) is 0 Å². The summed E-state index contributed by atoms with van der Waals surface area (Å²) in [6, 6.07) is 1.76. The highest BCUT2D eigenvalue weighted by atomic mass is 16.6. The molecule has 0 spiro atoms. The van der Waals surface area contributed by atoms with E-state index in [1.54, 1.807) is 40.0 Å². The highest BCUT2D eigenvalue weighted by Crippen LogP contribution is 2.69. The maximum Gasteiger partial charge on any atom is 0.335 e. The first-order chi connectivity index (χ1) is 19.6. The molecular weight excluding hydrogens is 544 g/mol. The summed E-state index contributed by atoms with van der Waals surface area (Å²) in [5, 5.41) is 24.0. The second-order valence-electron chi connectivity index (χ2n) is 13.7. The van der Waals surface area contributed by atoms with Crippen molar-refractivity contribution in [2.45, 2.75) is 97.6 Å². The Bertz CT molecular complexity index is 1330. The molecule has 0 aromatic carbocycles. The Hall–Kier alpha value is -2.98. The van der Waals surface area contributed by atoms with E-state index in [4.69, 9.17) is 18.6 Å². The topological polar surface area (TPSA) is 150 Å². The predicted octanol–water partition coefficient (Wildman–Crippen LogP) is 3.84. The first-order valence-electron chi connectivity index (χ1n) is 14.8. The monoisotopic (exact) mass is 586 g/mol. The van der Waals surface area contributed by atoms with E-state index in [1.807, 2.05) is 13.8 Å². The number of hydrogen-bond donors (Lipinski definition) is 2. The van der Waals surface area contributed by atoms with Gasteiger partial charge in [-0.05, 0) is 36.8 Å². The SMILES string of the molecule is CCC(C)C(=O)O[C@H]1C(C)(C)[C@H]([C@@H](O)C(=O)OC)[C@]2(C)C(=O)[C@@]1(O)CC1=C3CC(=O)O[C@@H](c4ccoc4)[C@]3(C)CC[C@@H]12. The summed E-state index contributed by atoms with van der Waals surface area (Å²) in [6.07, 6.45) is 0.681. The molecular formula is C32H42O10. The second-order valence-corrected chi connectivity index (χ2v) is 13.7. The minimum absolute atomic E-state index is 0.0258. The molecule has 10 heteroatoms. The number of fused-ring (bicyclic) bond motifs is 5. The zero-order valence-corrected chi connectivity index (χ0v) is 25.4. The summed E-state index contributed by atoms with van der Waals surface area (Å²) < 4.78 is 22.1. The van der Waals surface area contributed by atoms with Crippen LogP contribution in [0.3, 0.4) is 0 Å². The Balaban J connectivity index is 1.74. The Morgan fingerprint density at radius 1 is 1.17 bits per heavy atom. The van der Waals surface area contributed by atoms with E-state index < -0.39 is 81.6 Å². The molecule has 10 nitrogen and oxygen atoms in total. The Morgan fingerprint density at radius 3 is 2.45 bits per heavy atom. The Kier molecular flexibility index (Phi) is 7.29. The molecule has 2 N–H and O–H groups in total. The third-order valence-electron chi connectivity index (χ3n) is 11.1. The van der Waals surface area contributed by atoms with Crippen LogP contribution in [0.15, 0.2) is 34.2 Å². The number of cyclic esters (lactones) is 1. The van der Waals surface area contributed by atoms with E-state index in [2.05, 4.69) is 0 Å². The molecule has 0 amide bonds. The van der Waals surface area contributed by atoms with E-state index in [0.717, 1.165) is 18.3 Å². The highest BCUT2D eigenvalue weighted by molar-refractivity contribution is 5.98. The van der Waals surface area contributed by atoms with Crippen molar-refractivity contribution in [3.63, 3.8) is 0 Å². The third-order valence-corrected chi connectivity index (χ3v) is 11.1. The van der Waals surface area contributed by atoms with Gasteiger partial charge in [0.2, 0.25) is 0 Å². The fourth-order valence-electron chi connectivity index (χ4n) is 8.91. The van der Waals surface area contributed by atoms with Crippen molar-refractivity contribution in [2.75, 3.05) is 7.11 Å². The number of aliphatic hydroxyl groups is 2. The van der Waals surface area contributed by atoms with Crippen molar-refractivity contribution in [1.29, 1.82) is 0 Å². The van der Waals surface area contributed by atoms with Crippen LogP contribution < -0.4 is 0 Å². The van der Waals surface area contributed by atoms with Gasteiger partial charge in [-0.1, -0.05) is 47.1 Å². The molecule has 2 bridgehead atoms. The van der Waals surface area contributed by atoms with Crippen molar-refractivity contribution >= 4 is 23.7 Å². The normalized spacial score (nSPS) is 38.5. The molecule has 5 rings (SSSR count). The number of carbonyl (C=O) groups is 4. The van der Waals surface area contributed by atoms with Gasteiger partial charge in [0.25, 0.3) is 0 Å². The maximum atomic E-state index is 14.6. The Labute approximate surface area is 245 Å². The van der Waals surface area contributed by atoms with Crippen LogP contribution in [0, 0.1) is 34.0 Å². The van der Waals surface area contributed by atoms with E-state index in [-0.39, 0.29) is 12.8 Å². The lowest BCUT2D eigenvalue weighted by Crippen LogP contribution is -2.76. The number of methoxy groups -OCH3 is 1. The van der Waals surface area contributed by atoms with Crippen LogP contribution in [-0.4, -0.2) is 58.8 Å². The van der Waals surface area contributed by atoms with Gasteiger partial charge in [-0.2, -0.15) is 0 Å². The van der Waals surface area contributed by atoms with Crippen LogP contribution in [0.1, 0.15) is 85.3 Å². The van der Waals surface area contributed by atoms with Crippen LogP contribution in [0.25, 0.3) is 0 Å². The first kappa shape index (κ1) is 30.5. The van der Waals surface area contributed by atoms with Crippen LogP contribution in [0.4, 0.5) is 0 Å². The average Bonchev–Trinajstić information content (AvgIpc) is 3.47. The molecule has 1 aliphatic heterocycles.